The van der Waals surface area contributed by atoms with E-state index in [1.165, 1.54) is 0 Å². The number of rotatable bonds is 2. The van der Waals surface area contributed by atoms with Crippen LogP contribution in [0.5, 0.6) is 0 Å². The van der Waals surface area contributed by atoms with Crippen LogP contribution in [-0.2, 0) is 9.47 Å². The zero-order valence-corrected chi connectivity index (χ0v) is 15.4. The molecule has 0 N–H and O–H groups in total. The molecule has 1 spiro atoms. The quantitative estimate of drug-likeness (QED) is 0.767. The molecule has 0 radical (unpaired) electrons. The van der Waals surface area contributed by atoms with Crippen LogP contribution in [0.25, 0.3) is 0 Å². The molecule has 21 heavy (non-hydrogen) atoms. The first-order valence-corrected chi connectivity index (χ1v) is 8.57. The van der Waals surface area contributed by atoms with Gasteiger partial charge in [-0.1, -0.05) is 34.6 Å². The maximum Gasteiger partial charge on any atom is 0.174 e. The van der Waals surface area contributed by atoms with Gasteiger partial charge in [0.1, 0.15) is 0 Å². The highest BCUT2D eigenvalue weighted by molar-refractivity contribution is 5.10. The third-order valence-corrected chi connectivity index (χ3v) is 6.69. The summed E-state index contributed by atoms with van der Waals surface area (Å²) in [6.07, 6.45) is 3.18. The number of ether oxygens (including phenoxy) is 2. The molecular formula is C18H35NO2. The van der Waals surface area contributed by atoms with Crippen LogP contribution in [0.15, 0.2) is 0 Å². The Bertz CT molecular complexity index is 385. The molecule has 2 rings (SSSR count). The smallest absolute Gasteiger partial charge is 0.174 e. The fourth-order valence-corrected chi connectivity index (χ4v) is 4.16. The molecular weight excluding hydrogens is 262 g/mol. The molecule has 124 valence electrons. The molecule has 0 amide bonds. The van der Waals surface area contributed by atoms with E-state index < -0.39 is 5.79 Å². The maximum atomic E-state index is 6.43. The Balaban J connectivity index is 2.39. The largest absolute Gasteiger partial charge is 0.349 e. The zero-order valence-electron chi connectivity index (χ0n) is 15.4. The van der Waals surface area contributed by atoms with Gasteiger partial charge in [0.05, 0.1) is 13.2 Å². The third-order valence-electron chi connectivity index (χ3n) is 6.69. The zero-order chi connectivity index (χ0) is 16.1. The minimum atomic E-state index is -0.419. The monoisotopic (exact) mass is 297 g/mol. The van der Waals surface area contributed by atoms with Crippen LogP contribution in [0.3, 0.4) is 0 Å². The van der Waals surface area contributed by atoms with Crippen molar-refractivity contribution >= 4 is 0 Å². The second-order valence-electron chi connectivity index (χ2n) is 8.57. The summed E-state index contributed by atoms with van der Waals surface area (Å²) in [5.41, 5.74) is 0.350. The standard InChI is InChI=1S/C18H35NO2/c1-9-16(6)11-18(20-12-15(4,5)13-21-18)14(3)17(7,10-2)19(16)8/h14H,9-13H2,1-8H3. The van der Waals surface area contributed by atoms with Crippen LogP contribution < -0.4 is 0 Å². The molecule has 0 aromatic carbocycles. The summed E-state index contributed by atoms with van der Waals surface area (Å²) in [4.78, 5) is 2.59. The Morgan fingerprint density at radius 2 is 1.52 bits per heavy atom. The van der Waals surface area contributed by atoms with Crippen molar-refractivity contribution in [3.8, 4) is 0 Å². The van der Waals surface area contributed by atoms with E-state index in [0.29, 0.717) is 5.92 Å². The van der Waals surface area contributed by atoms with Crippen molar-refractivity contribution in [2.24, 2.45) is 11.3 Å². The molecule has 0 saturated carbocycles. The van der Waals surface area contributed by atoms with Gasteiger partial charge >= 0.3 is 0 Å². The summed E-state index contributed by atoms with van der Waals surface area (Å²) in [6.45, 7) is 17.6. The van der Waals surface area contributed by atoms with Crippen LogP contribution >= 0.6 is 0 Å². The number of likely N-dealkylation sites (tertiary alicyclic amines) is 1. The normalized spacial score (nSPS) is 43.1. The van der Waals surface area contributed by atoms with Crippen molar-refractivity contribution < 1.29 is 9.47 Å². The molecule has 0 aliphatic carbocycles. The third kappa shape index (κ3) is 2.55. The van der Waals surface area contributed by atoms with Crippen LogP contribution in [0.4, 0.5) is 0 Å². The molecule has 2 heterocycles. The van der Waals surface area contributed by atoms with Crippen LogP contribution in [0, 0.1) is 11.3 Å². The Morgan fingerprint density at radius 3 is 1.95 bits per heavy atom. The fourth-order valence-electron chi connectivity index (χ4n) is 4.16. The Hall–Kier alpha value is -0.120. The van der Waals surface area contributed by atoms with E-state index in [0.717, 1.165) is 32.5 Å². The summed E-state index contributed by atoms with van der Waals surface area (Å²) < 4.78 is 12.9. The van der Waals surface area contributed by atoms with Crippen molar-refractivity contribution in [2.45, 2.75) is 84.6 Å². The molecule has 0 bridgehead atoms. The lowest BCUT2D eigenvalue weighted by molar-refractivity contribution is -0.364. The number of piperidine rings is 1. The van der Waals surface area contributed by atoms with E-state index in [4.69, 9.17) is 9.47 Å². The Morgan fingerprint density at radius 1 is 1.00 bits per heavy atom. The highest BCUT2D eigenvalue weighted by Gasteiger charge is 2.61. The molecule has 0 aromatic rings. The van der Waals surface area contributed by atoms with Crippen molar-refractivity contribution in [1.82, 2.24) is 4.90 Å². The van der Waals surface area contributed by atoms with Gasteiger partial charge in [-0.3, -0.25) is 4.90 Å². The molecule has 2 saturated heterocycles. The molecule has 3 atom stereocenters. The minimum absolute atomic E-state index is 0.102. The first-order valence-electron chi connectivity index (χ1n) is 8.57. The molecule has 3 nitrogen and oxygen atoms in total. The van der Waals surface area contributed by atoms with Gasteiger partial charge in [0.2, 0.25) is 0 Å². The van der Waals surface area contributed by atoms with Crippen molar-refractivity contribution in [2.75, 3.05) is 20.3 Å². The van der Waals surface area contributed by atoms with E-state index in [2.05, 4.69) is 60.4 Å². The van der Waals surface area contributed by atoms with Crippen molar-refractivity contribution in [3.63, 3.8) is 0 Å². The van der Waals surface area contributed by atoms with E-state index in [1.807, 2.05) is 0 Å². The summed E-state index contributed by atoms with van der Waals surface area (Å²) >= 11 is 0. The van der Waals surface area contributed by atoms with Crippen molar-refractivity contribution in [3.05, 3.63) is 0 Å². The van der Waals surface area contributed by atoms with Gasteiger partial charge in [0.15, 0.2) is 5.79 Å². The second-order valence-corrected chi connectivity index (χ2v) is 8.57. The van der Waals surface area contributed by atoms with Crippen LogP contribution in [-0.4, -0.2) is 42.0 Å². The average molecular weight is 297 g/mol. The van der Waals surface area contributed by atoms with Crippen molar-refractivity contribution in [1.29, 1.82) is 0 Å². The molecule has 2 aliphatic rings. The van der Waals surface area contributed by atoms with Crippen LogP contribution in [0.1, 0.15) is 67.7 Å². The maximum absolute atomic E-state index is 6.43. The molecule has 0 aromatic heterocycles. The van der Waals surface area contributed by atoms with Gasteiger partial charge in [0, 0.05) is 28.8 Å². The number of hydrogen-bond acceptors (Lipinski definition) is 3. The summed E-state index contributed by atoms with van der Waals surface area (Å²) in [5.74, 6) is -0.0619. The highest BCUT2D eigenvalue weighted by Crippen LogP contribution is 2.53. The summed E-state index contributed by atoms with van der Waals surface area (Å²) in [7, 11) is 2.28. The molecule has 2 fully saturated rings. The number of hydrogen-bond donors (Lipinski definition) is 0. The van der Waals surface area contributed by atoms with E-state index in [-0.39, 0.29) is 16.5 Å². The van der Waals surface area contributed by atoms with E-state index in [9.17, 15) is 0 Å². The highest BCUT2D eigenvalue weighted by atomic mass is 16.7. The van der Waals surface area contributed by atoms with E-state index in [1.54, 1.807) is 0 Å². The van der Waals surface area contributed by atoms with E-state index >= 15 is 0 Å². The lowest BCUT2D eigenvalue weighted by Gasteiger charge is -2.64. The summed E-state index contributed by atoms with van der Waals surface area (Å²) in [6, 6.07) is 0. The van der Waals surface area contributed by atoms with Gasteiger partial charge in [-0.15, -0.1) is 0 Å². The van der Waals surface area contributed by atoms with Gasteiger partial charge in [0.25, 0.3) is 0 Å². The van der Waals surface area contributed by atoms with Crippen LogP contribution in [0.2, 0.25) is 0 Å². The first-order chi connectivity index (χ1) is 9.55. The van der Waals surface area contributed by atoms with Gasteiger partial charge in [-0.05, 0) is 33.7 Å². The topological polar surface area (TPSA) is 21.7 Å². The molecule has 2 aliphatic heterocycles. The van der Waals surface area contributed by atoms with Gasteiger partial charge < -0.3 is 9.47 Å². The number of nitrogens with zero attached hydrogens (tertiary/aromatic N) is 1. The SMILES string of the molecule is CCC1(C)CC2(OCC(C)(C)CO2)C(C)C(C)(CC)N1C. The first kappa shape index (κ1) is 17.2. The Kier molecular flexibility index (Phi) is 4.28. The fraction of sp³-hybridized carbons (Fsp3) is 1.00. The summed E-state index contributed by atoms with van der Waals surface area (Å²) in [5, 5.41) is 0. The average Bonchev–Trinajstić information content (AvgIpc) is 2.46. The van der Waals surface area contributed by atoms with Gasteiger partial charge in [-0.2, -0.15) is 0 Å². The predicted octanol–water partition coefficient (Wildman–Crippen LogP) is 4.06. The second kappa shape index (κ2) is 5.21. The molecule has 3 unspecified atom stereocenters. The lowest BCUT2D eigenvalue weighted by Crippen LogP contribution is -2.72. The van der Waals surface area contributed by atoms with Gasteiger partial charge in [-0.25, -0.2) is 0 Å². The lowest BCUT2D eigenvalue weighted by atomic mass is 9.66. The minimum Gasteiger partial charge on any atom is -0.349 e. The molecule has 3 heteroatoms. The predicted molar refractivity (Wildman–Crippen MR) is 87.4 cm³/mol. The Labute approximate surface area is 131 Å².